The van der Waals surface area contributed by atoms with Crippen molar-refractivity contribution in [3.8, 4) is 0 Å². The maximum absolute atomic E-state index is 6.08. The van der Waals surface area contributed by atoms with Crippen molar-refractivity contribution >= 4 is 0 Å². The van der Waals surface area contributed by atoms with Crippen LogP contribution in [0.1, 0.15) is 19.8 Å². The lowest BCUT2D eigenvalue weighted by Gasteiger charge is -2.38. The summed E-state index contributed by atoms with van der Waals surface area (Å²) in [6.45, 7) is 5.44. The first-order valence-corrected chi connectivity index (χ1v) is 5.27. The first-order valence-electron chi connectivity index (χ1n) is 5.27. The van der Waals surface area contributed by atoms with Crippen molar-refractivity contribution in [1.82, 2.24) is 15.8 Å². The molecule has 0 bridgehead atoms. The Morgan fingerprint density at radius 1 is 1.31 bits per heavy atom. The Balaban J connectivity index is 1.97. The van der Waals surface area contributed by atoms with E-state index in [9.17, 15) is 0 Å². The Hall–Kier alpha value is -0.160. The number of nitrogens with two attached hydrogens (primary N) is 1. The van der Waals surface area contributed by atoms with Crippen LogP contribution < -0.4 is 16.5 Å². The van der Waals surface area contributed by atoms with Crippen molar-refractivity contribution in [3.63, 3.8) is 0 Å². The summed E-state index contributed by atoms with van der Waals surface area (Å²) in [4.78, 5) is 0. The van der Waals surface area contributed by atoms with Gasteiger partial charge in [-0.15, -0.1) is 0 Å². The van der Waals surface area contributed by atoms with E-state index in [0.717, 1.165) is 19.6 Å². The molecule has 76 valence electrons. The average molecular weight is 184 g/mol. The van der Waals surface area contributed by atoms with Gasteiger partial charge < -0.3 is 11.1 Å². The summed E-state index contributed by atoms with van der Waals surface area (Å²) in [7, 11) is 0. The van der Waals surface area contributed by atoms with Gasteiger partial charge >= 0.3 is 0 Å². The standard InChI is InChI=1S/C9H20N4/c1-7-2-5-12-13(7)9-3-4-11-6-8(9)10/h7-9,11-12H,2-6,10H2,1H3. The van der Waals surface area contributed by atoms with Crippen molar-refractivity contribution in [2.45, 2.75) is 37.9 Å². The van der Waals surface area contributed by atoms with E-state index in [2.05, 4.69) is 22.7 Å². The van der Waals surface area contributed by atoms with Crippen molar-refractivity contribution in [2.24, 2.45) is 5.73 Å². The normalized spacial score (nSPS) is 42.5. The molecule has 0 saturated carbocycles. The summed E-state index contributed by atoms with van der Waals surface area (Å²) >= 11 is 0. The van der Waals surface area contributed by atoms with Crippen molar-refractivity contribution < 1.29 is 0 Å². The number of piperidine rings is 1. The third-order valence-electron chi connectivity index (χ3n) is 3.18. The van der Waals surface area contributed by atoms with E-state index in [4.69, 9.17) is 5.73 Å². The monoisotopic (exact) mass is 184 g/mol. The van der Waals surface area contributed by atoms with Crippen LogP contribution in [0.3, 0.4) is 0 Å². The first kappa shape index (κ1) is 9.40. The van der Waals surface area contributed by atoms with Crippen LogP contribution in [0.25, 0.3) is 0 Å². The number of nitrogens with one attached hydrogen (secondary N) is 2. The number of nitrogens with zero attached hydrogens (tertiary/aromatic N) is 1. The van der Waals surface area contributed by atoms with Crippen LogP contribution in [0, 0.1) is 0 Å². The maximum atomic E-state index is 6.08. The molecule has 4 N–H and O–H groups in total. The topological polar surface area (TPSA) is 53.3 Å². The lowest BCUT2D eigenvalue weighted by molar-refractivity contribution is 0.0902. The van der Waals surface area contributed by atoms with E-state index >= 15 is 0 Å². The minimum Gasteiger partial charge on any atom is -0.325 e. The van der Waals surface area contributed by atoms with Crippen LogP contribution in [-0.2, 0) is 0 Å². The lowest BCUT2D eigenvalue weighted by atomic mass is 10.00. The van der Waals surface area contributed by atoms with E-state index in [1.807, 2.05) is 0 Å². The van der Waals surface area contributed by atoms with Gasteiger partial charge in [0.05, 0.1) is 0 Å². The van der Waals surface area contributed by atoms with Crippen LogP contribution in [0.15, 0.2) is 0 Å². The molecule has 0 spiro atoms. The Bertz CT molecular complexity index is 173. The average Bonchev–Trinajstić information content (AvgIpc) is 2.52. The quantitative estimate of drug-likeness (QED) is 0.503. The van der Waals surface area contributed by atoms with Gasteiger partial charge in [0.1, 0.15) is 0 Å². The van der Waals surface area contributed by atoms with E-state index in [-0.39, 0.29) is 6.04 Å². The Labute approximate surface area is 79.8 Å². The van der Waals surface area contributed by atoms with Gasteiger partial charge in [-0.1, -0.05) is 0 Å². The van der Waals surface area contributed by atoms with Crippen LogP contribution >= 0.6 is 0 Å². The second kappa shape index (κ2) is 3.92. The summed E-state index contributed by atoms with van der Waals surface area (Å²) in [5.41, 5.74) is 9.51. The predicted octanol–water partition coefficient (Wildman–Crippen LogP) is -0.726. The summed E-state index contributed by atoms with van der Waals surface area (Å²) in [5.74, 6) is 0. The molecule has 0 amide bonds. The molecule has 13 heavy (non-hydrogen) atoms. The molecule has 0 aromatic carbocycles. The molecule has 2 heterocycles. The molecule has 2 aliphatic rings. The molecule has 0 aliphatic carbocycles. The largest absolute Gasteiger partial charge is 0.325 e. The molecule has 0 radical (unpaired) electrons. The van der Waals surface area contributed by atoms with E-state index in [0.29, 0.717) is 12.1 Å². The highest BCUT2D eigenvalue weighted by Gasteiger charge is 2.32. The minimum absolute atomic E-state index is 0.279. The highest BCUT2D eigenvalue weighted by Crippen LogP contribution is 2.17. The van der Waals surface area contributed by atoms with Crippen LogP contribution in [-0.4, -0.2) is 42.8 Å². The fourth-order valence-electron chi connectivity index (χ4n) is 2.36. The number of hydrogen-bond donors (Lipinski definition) is 3. The maximum Gasteiger partial charge on any atom is 0.0422 e. The van der Waals surface area contributed by atoms with Gasteiger partial charge in [0, 0.05) is 31.2 Å². The lowest BCUT2D eigenvalue weighted by Crippen LogP contribution is -2.60. The summed E-state index contributed by atoms with van der Waals surface area (Å²) < 4.78 is 0. The number of hydrogen-bond acceptors (Lipinski definition) is 4. The number of hydrazine groups is 1. The first-order chi connectivity index (χ1) is 6.29. The van der Waals surface area contributed by atoms with Gasteiger partial charge in [0.15, 0.2) is 0 Å². The molecule has 0 aromatic heterocycles. The van der Waals surface area contributed by atoms with Gasteiger partial charge in [-0.2, -0.15) is 0 Å². The minimum atomic E-state index is 0.279. The summed E-state index contributed by atoms with van der Waals surface area (Å²) in [6, 6.07) is 1.45. The highest BCUT2D eigenvalue weighted by atomic mass is 15.6. The molecule has 4 heteroatoms. The van der Waals surface area contributed by atoms with Crippen LogP contribution in [0.5, 0.6) is 0 Å². The Kier molecular flexibility index (Phi) is 2.83. The zero-order valence-corrected chi connectivity index (χ0v) is 8.29. The zero-order chi connectivity index (χ0) is 9.26. The molecular formula is C9H20N4. The van der Waals surface area contributed by atoms with Gasteiger partial charge in [0.2, 0.25) is 0 Å². The third kappa shape index (κ3) is 1.86. The zero-order valence-electron chi connectivity index (χ0n) is 8.29. The number of rotatable bonds is 1. The molecule has 2 saturated heterocycles. The van der Waals surface area contributed by atoms with Gasteiger partial charge in [0.25, 0.3) is 0 Å². The molecular weight excluding hydrogens is 164 g/mol. The van der Waals surface area contributed by atoms with Gasteiger partial charge in [-0.05, 0) is 26.3 Å². The second-order valence-corrected chi connectivity index (χ2v) is 4.18. The van der Waals surface area contributed by atoms with E-state index < -0.39 is 0 Å². The predicted molar refractivity (Wildman–Crippen MR) is 53.2 cm³/mol. The highest BCUT2D eigenvalue weighted by molar-refractivity contribution is 4.90. The molecule has 3 atom stereocenters. The molecule has 2 fully saturated rings. The Morgan fingerprint density at radius 3 is 2.77 bits per heavy atom. The van der Waals surface area contributed by atoms with Gasteiger partial charge in [-0.25, -0.2) is 5.01 Å². The van der Waals surface area contributed by atoms with Crippen molar-refractivity contribution in [1.29, 1.82) is 0 Å². The molecule has 0 aromatic rings. The van der Waals surface area contributed by atoms with Crippen molar-refractivity contribution in [3.05, 3.63) is 0 Å². The van der Waals surface area contributed by atoms with Gasteiger partial charge in [-0.3, -0.25) is 5.43 Å². The Morgan fingerprint density at radius 2 is 2.15 bits per heavy atom. The van der Waals surface area contributed by atoms with E-state index in [1.165, 1.54) is 12.8 Å². The fraction of sp³-hybridized carbons (Fsp3) is 1.00. The summed E-state index contributed by atoms with van der Waals surface area (Å²) in [5, 5.41) is 5.69. The molecule has 4 nitrogen and oxygen atoms in total. The molecule has 2 aliphatic heterocycles. The molecule has 3 unspecified atom stereocenters. The smallest absolute Gasteiger partial charge is 0.0422 e. The second-order valence-electron chi connectivity index (χ2n) is 4.18. The van der Waals surface area contributed by atoms with E-state index in [1.54, 1.807) is 0 Å². The van der Waals surface area contributed by atoms with Crippen molar-refractivity contribution in [2.75, 3.05) is 19.6 Å². The fourth-order valence-corrected chi connectivity index (χ4v) is 2.36. The SMILES string of the molecule is CC1CCNN1C1CCNCC1N. The van der Waals surface area contributed by atoms with Crippen LogP contribution in [0.4, 0.5) is 0 Å². The molecule has 2 rings (SSSR count). The summed E-state index contributed by atoms with van der Waals surface area (Å²) in [6.07, 6.45) is 2.41. The third-order valence-corrected chi connectivity index (χ3v) is 3.18. The van der Waals surface area contributed by atoms with Crippen LogP contribution in [0.2, 0.25) is 0 Å².